The van der Waals surface area contributed by atoms with Gasteiger partial charge >= 0.3 is 0 Å². The summed E-state index contributed by atoms with van der Waals surface area (Å²) in [6, 6.07) is 9.68. The topological polar surface area (TPSA) is 6.48 Å². The van der Waals surface area contributed by atoms with Gasteiger partial charge in [0.25, 0.3) is 0 Å². The molecule has 1 radical (unpaired) electrons. The molecule has 0 aliphatic carbocycles. The standard InChI is InChI=1S/C16H23N2/c1-17-9-4-5-14(11-17)12-18-10-8-15-6-2-3-7-16(15)13-18/h2,6-7,14H,4-5,8-13H2,1H3. The molecule has 18 heavy (non-hydrogen) atoms. The van der Waals surface area contributed by atoms with E-state index in [0.717, 1.165) is 12.5 Å². The van der Waals surface area contributed by atoms with Gasteiger partial charge in [0.2, 0.25) is 0 Å². The van der Waals surface area contributed by atoms with Crippen LogP contribution in [0.5, 0.6) is 0 Å². The predicted octanol–water partition coefficient (Wildman–Crippen LogP) is 2.19. The van der Waals surface area contributed by atoms with Gasteiger partial charge in [-0.25, -0.2) is 0 Å². The van der Waals surface area contributed by atoms with Crippen LogP contribution in [0.2, 0.25) is 0 Å². The largest absolute Gasteiger partial charge is 0.306 e. The Morgan fingerprint density at radius 2 is 2.28 bits per heavy atom. The second-order valence-electron chi connectivity index (χ2n) is 5.95. The van der Waals surface area contributed by atoms with Crippen molar-refractivity contribution in [3.63, 3.8) is 0 Å². The van der Waals surface area contributed by atoms with E-state index in [-0.39, 0.29) is 0 Å². The van der Waals surface area contributed by atoms with Gasteiger partial charge in [0.1, 0.15) is 0 Å². The highest BCUT2D eigenvalue weighted by Crippen LogP contribution is 2.22. The molecule has 1 aromatic carbocycles. The van der Waals surface area contributed by atoms with E-state index in [1.807, 2.05) is 6.07 Å². The number of hydrogen-bond acceptors (Lipinski definition) is 2. The summed E-state index contributed by atoms with van der Waals surface area (Å²) in [6.45, 7) is 6.21. The van der Waals surface area contributed by atoms with Crippen LogP contribution in [0.4, 0.5) is 0 Å². The Kier molecular flexibility index (Phi) is 3.67. The van der Waals surface area contributed by atoms with Gasteiger partial charge in [-0.3, -0.25) is 4.90 Å². The van der Waals surface area contributed by atoms with Crippen LogP contribution in [0.15, 0.2) is 18.2 Å². The maximum Gasteiger partial charge on any atom is 0.0236 e. The second-order valence-corrected chi connectivity index (χ2v) is 5.95. The van der Waals surface area contributed by atoms with Crippen LogP contribution in [0.3, 0.4) is 0 Å². The van der Waals surface area contributed by atoms with Gasteiger partial charge < -0.3 is 4.90 Å². The van der Waals surface area contributed by atoms with E-state index in [9.17, 15) is 0 Å². The lowest BCUT2D eigenvalue weighted by Gasteiger charge is -2.35. The van der Waals surface area contributed by atoms with E-state index in [2.05, 4.69) is 35.0 Å². The number of fused-ring (bicyclic) bond motifs is 1. The van der Waals surface area contributed by atoms with Crippen LogP contribution in [0.1, 0.15) is 24.0 Å². The maximum absolute atomic E-state index is 3.22. The monoisotopic (exact) mass is 243 g/mol. The highest BCUT2D eigenvalue weighted by Gasteiger charge is 2.22. The van der Waals surface area contributed by atoms with Crippen LogP contribution in [-0.4, -0.2) is 43.0 Å². The highest BCUT2D eigenvalue weighted by molar-refractivity contribution is 5.28. The fourth-order valence-corrected chi connectivity index (χ4v) is 3.43. The van der Waals surface area contributed by atoms with E-state index >= 15 is 0 Å². The first-order valence-electron chi connectivity index (χ1n) is 7.20. The molecule has 2 aliphatic rings. The molecular weight excluding hydrogens is 220 g/mol. The minimum absolute atomic E-state index is 0.873. The zero-order valence-electron chi connectivity index (χ0n) is 11.4. The van der Waals surface area contributed by atoms with Crippen molar-refractivity contribution in [1.82, 2.24) is 9.80 Å². The number of benzene rings is 1. The van der Waals surface area contributed by atoms with Gasteiger partial charge in [-0.1, -0.05) is 12.1 Å². The Hall–Kier alpha value is -0.860. The first-order valence-corrected chi connectivity index (χ1v) is 7.20. The lowest BCUT2D eigenvalue weighted by molar-refractivity contribution is 0.144. The summed E-state index contributed by atoms with van der Waals surface area (Å²) in [7, 11) is 2.26. The van der Waals surface area contributed by atoms with Crippen molar-refractivity contribution in [3.05, 3.63) is 35.4 Å². The fraction of sp³-hybridized carbons (Fsp3) is 0.625. The van der Waals surface area contributed by atoms with Crippen LogP contribution >= 0.6 is 0 Å². The lowest BCUT2D eigenvalue weighted by Crippen LogP contribution is -2.41. The minimum Gasteiger partial charge on any atom is -0.306 e. The van der Waals surface area contributed by atoms with Crippen molar-refractivity contribution >= 4 is 0 Å². The van der Waals surface area contributed by atoms with Gasteiger partial charge in [0.15, 0.2) is 0 Å². The molecular formula is C16H23N2. The van der Waals surface area contributed by atoms with Gasteiger partial charge in [0, 0.05) is 26.2 Å². The molecule has 97 valence electrons. The summed E-state index contributed by atoms with van der Waals surface area (Å²) < 4.78 is 0. The summed E-state index contributed by atoms with van der Waals surface area (Å²) in [5, 5.41) is 0. The van der Waals surface area contributed by atoms with Crippen LogP contribution in [0, 0.1) is 12.0 Å². The van der Waals surface area contributed by atoms with E-state index < -0.39 is 0 Å². The van der Waals surface area contributed by atoms with Gasteiger partial charge in [-0.2, -0.15) is 0 Å². The third-order valence-corrected chi connectivity index (χ3v) is 4.38. The predicted molar refractivity (Wildman–Crippen MR) is 74.5 cm³/mol. The van der Waals surface area contributed by atoms with Crippen molar-refractivity contribution < 1.29 is 0 Å². The van der Waals surface area contributed by atoms with Crippen molar-refractivity contribution in [2.75, 3.05) is 33.2 Å². The molecule has 1 aromatic rings. The SMILES string of the molecule is CN1CCCC(CN2CCc3cc[c]cc3C2)C1. The molecule has 1 saturated heterocycles. The molecule has 0 saturated carbocycles. The zero-order valence-corrected chi connectivity index (χ0v) is 11.4. The molecule has 1 fully saturated rings. The first-order chi connectivity index (χ1) is 8.81. The minimum atomic E-state index is 0.873. The highest BCUT2D eigenvalue weighted by atomic mass is 15.2. The third-order valence-electron chi connectivity index (χ3n) is 4.38. The molecule has 3 rings (SSSR count). The Morgan fingerprint density at radius 1 is 1.33 bits per heavy atom. The second kappa shape index (κ2) is 5.41. The number of likely N-dealkylation sites (tertiary alicyclic amines) is 1. The van der Waals surface area contributed by atoms with E-state index in [4.69, 9.17) is 0 Å². The average Bonchev–Trinajstić information content (AvgIpc) is 2.39. The number of piperidine rings is 1. The van der Waals surface area contributed by atoms with Gasteiger partial charge in [-0.05, 0) is 62.0 Å². The quantitative estimate of drug-likeness (QED) is 0.785. The van der Waals surface area contributed by atoms with E-state index in [1.165, 1.54) is 56.6 Å². The molecule has 2 heteroatoms. The summed E-state index contributed by atoms with van der Waals surface area (Å²) in [6.07, 6.45) is 4.00. The molecule has 2 aliphatic heterocycles. The Morgan fingerprint density at radius 3 is 3.17 bits per heavy atom. The van der Waals surface area contributed by atoms with Gasteiger partial charge in [-0.15, -0.1) is 0 Å². The summed E-state index contributed by atoms with van der Waals surface area (Å²) in [5.41, 5.74) is 3.03. The van der Waals surface area contributed by atoms with Crippen molar-refractivity contribution in [1.29, 1.82) is 0 Å². The van der Waals surface area contributed by atoms with E-state index in [0.29, 0.717) is 0 Å². The normalized spacial score (nSPS) is 25.9. The van der Waals surface area contributed by atoms with Crippen LogP contribution in [-0.2, 0) is 13.0 Å². The molecule has 0 N–H and O–H groups in total. The maximum atomic E-state index is 3.22. The fourth-order valence-electron chi connectivity index (χ4n) is 3.43. The lowest BCUT2D eigenvalue weighted by atomic mass is 9.95. The molecule has 1 unspecified atom stereocenters. The molecule has 2 heterocycles. The van der Waals surface area contributed by atoms with Crippen LogP contribution in [0.25, 0.3) is 0 Å². The van der Waals surface area contributed by atoms with Crippen molar-refractivity contribution in [2.45, 2.75) is 25.8 Å². The average molecular weight is 243 g/mol. The third kappa shape index (κ3) is 2.76. The molecule has 0 spiro atoms. The smallest absolute Gasteiger partial charge is 0.0236 e. The number of hydrogen-bond donors (Lipinski definition) is 0. The molecule has 2 nitrogen and oxygen atoms in total. The van der Waals surface area contributed by atoms with Crippen molar-refractivity contribution in [3.8, 4) is 0 Å². The van der Waals surface area contributed by atoms with Crippen molar-refractivity contribution in [2.24, 2.45) is 5.92 Å². The molecule has 0 aromatic heterocycles. The Labute approximate surface area is 111 Å². The summed E-state index contributed by atoms with van der Waals surface area (Å²) >= 11 is 0. The van der Waals surface area contributed by atoms with E-state index in [1.54, 1.807) is 0 Å². The number of rotatable bonds is 2. The molecule has 0 amide bonds. The Balaban J connectivity index is 1.59. The number of nitrogens with zero attached hydrogens (tertiary/aromatic N) is 2. The van der Waals surface area contributed by atoms with Crippen LogP contribution < -0.4 is 0 Å². The first kappa shape index (κ1) is 12.2. The Bertz CT molecular complexity index is 402. The summed E-state index contributed by atoms with van der Waals surface area (Å²) in [4.78, 5) is 5.12. The van der Waals surface area contributed by atoms with Gasteiger partial charge in [0.05, 0.1) is 0 Å². The zero-order chi connectivity index (χ0) is 12.4. The molecule has 0 bridgehead atoms. The summed E-state index contributed by atoms with van der Waals surface area (Å²) in [5.74, 6) is 0.873. The molecule has 1 atom stereocenters.